The van der Waals surface area contributed by atoms with Crippen LogP contribution in [0.15, 0.2) is 28.8 Å². The molecule has 1 saturated heterocycles. The fourth-order valence-corrected chi connectivity index (χ4v) is 3.06. The van der Waals surface area contributed by atoms with Crippen molar-refractivity contribution in [2.24, 2.45) is 5.92 Å². The number of nitrogens with one attached hydrogen (secondary N) is 1. The average molecular weight is 370 g/mol. The minimum atomic E-state index is -0.308. The van der Waals surface area contributed by atoms with E-state index >= 15 is 0 Å². The lowest BCUT2D eigenvalue weighted by atomic mass is 10.1. The third-order valence-corrected chi connectivity index (χ3v) is 4.72. The first-order valence-electron chi connectivity index (χ1n) is 9.36. The van der Waals surface area contributed by atoms with Gasteiger partial charge in [0.15, 0.2) is 5.82 Å². The lowest BCUT2D eigenvalue weighted by molar-refractivity contribution is -0.129. The van der Waals surface area contributed by atoms with E-state index in [-0.39, 0.29) is 30.1 Å². The van der Waals surface area contributed by atoms with E-state index in [1.807, 2.05) is 45.0 Å². The third kappa shape index (κ3) is 4.93. The third-order valence-electron chi connectivity index (χ3n) is 4.72. The highest BCUT2D eigenvalue weighted by Crippen LogP contribution is 2.20. The molecule has 1 fully saturated rings. The van der Waals surface area contributed by atoms with Crippen molar-refractivity contribution in [3.63, 3.8) is 0 Å². The van der Waals surface area contributed by atoms with Gasteiger partial charge in [0, 0.05) is 38.4 Å². The van der Waals surface area contributed by atoms with Crippen LogP contribution in [0.4, 0.5) is 0 Å². The SMILES string of the molecule is Cc1ccc(CN2CC(C(=O)NCCc3nc(C(C)C)no3)CC2=O)cc1. The van der Waals surface area contributed by atoms with Gasteiger partial charge in [0.05, 0.1) is 5.92 Å². The maximum atomic E-state index is 12.4. The van der Waals surface area contributed by atoms with Crippen molar-refractivity contribution in [1.82, 2.24) is 20.4 Å². The molecule has 1 atom stereocenters. The average Bonchev–Trinajstić information content (AvgIpc) is 3.24. The molecule has 2 amide bonds. The summed E-state index contributed by atoms with van der Waals surface area (Å²) >= 11 is 0. The number of likely N-dealkylation sites (tertiary alicyclic amines) is 1. The molecule has 1 aliphatic heterocycles. The number of aromatic nitrogens is 2. The highest BCUT2D eigenvalue weighted by molar-refractivity contribution is 5.89. The first-order valence-corrected chi connectivity index (χ1v) is 9.36. The van der Waals surface area contributed by atoms with Gasteiger partial charge in [-0.05, 0) is 12.5 Å². The van der Waals surface area contributed by atoms with Crippen molar-refractivity contribution >= 4 is 11.8 Å². The normalized spacial score (nSPS) is 17.0. The smallest absolute Gasteiger partial charge is 0.228 e. The Balaban J connectivity index is 1.46. The number of nitrogens with zero attached hydrogens (tertiary/aromatic N) is 3. The van der Waals surface area contributed by atoms with Crippen molar-refractivity contribution < 1.29 is 14.1 Å². The largest absolute Gasteiger partial charge is 0.355 e. The summed E-state index contributed by atoms with van der Waals surface area (Å²) in [6.45, 7) is 7.44. The van der Waals surface area contributed by atoms with Crippen molar-refractivity contribution in [3.8, 4) is 0 Å². The van der Waals surface area contributed by atoms with E-state index in [0.717, 1.165) is 5.56 Å². The summed E-state index contributed by atoms with van der Waals surface area (Å²) in [6, 6.07) is 8.10. The number of amides is 2. The van der Waals surface area contributed by atoms with E-state index in [2.05, 4.69) is 15.5 Å². The van der Waals surface area contributed by atoms with Crippen LogP contribution in [-0.4, -0.2) is 39.9 Å². The van der Waals surface area contributed by atoms with Crippen LogP contribution in [0, 0.1) is 12.8 Å². The molecule has 0 saturated carbocycles. The molecule has 1 aromatic heterocycles. The molecule has 1 unspecified atom stereocenters. The Bertz CT molecular complexity index is 798. The van der Waals surface area contributed by atoms with E-state index in [4.69, 9.17) is 4.52 Å². The number of hydrogen-bond donors (Lipinski definition) is 1. The number of carbonyl (C=O) groups is 2. The van der Waals surface area contributed by atoms with Crippen LogP contribution in [-0.2, 0) is 22.6 Å². The Morgan fingerprint density at radius 3 is 2.74 bits per heavy atom. The van der Waals surface area contributed by atoms with Gasteiger partial charge in [0.2, 0.25) is 17.7 Å². The topological polar surface area (TPSA) is 88.3 Å². The molecule has 1 N–H and O–H groups in total. The first-order chi connectivity index (χ1) is 12.9. The summed E-state index contributed by atoms with van der Waals surface area (Å²) in [5.41, 5.74) is 2.26. The molecule has 1 aliphatic rings. The van der Waals surface area contributed by atoms with E-state index in [9.17, 15) is 9.59 Å². The zero-order valence-corrected chi connectivity index (χ0v) is 16.1. The second-order valence-corrected chi connectivity index (χ2v) is 7.40. The standard InChI is InChI=1S/C20H26N4O3/c1-13(2)19-22-17(27-23-19)8-9-21-20(26)16-10-18(25)24(12-16)11-15-6-4-14(3)5-7-15/h4-7,13,16H,8-12H2,1-3H3,(H,21,26). The lowest BCUT2D eigenvalue weighted by Gasteiger charge is -2.16. The molecular formula is C20H26N4O3. The molecule has 0 radical (unpaired) electrons. The molecule has 144 valence electrons. The number of rotatable bonds is 7. The molecule has 3 rings (SSSR count). The minimum absolute atomic E-state index is 0.0224. The van der Waals surface area contributed by atoms with E-state index in [0.29, 0.717) is 37.8 Å². The van der Waals surface area contributed by atoms with E-state index < -0.39 is 0 Å². The van der Waals surface area contributed by atoms with Crippen LogP contribution in [0.5, 0.6) is 0 Å². The Hall–Kier alpha value is -2.70. The van der Waals surface area contributed by atoms with E-state index in [1.54, 1.807) is 4.90 Å². The Labute approximate surface area is 159 Å². The Morgan fingerprint density at radius 2 is 2.07 bits per heavy atom. The van der Waals surface area contributed by atoms with Crippen molar-refractivity contribution in [3.05, 3.63) is 47.1 Å². The fraction of sp³-hybridized carbons (Fsp3) is 0.500. The summed E-state index contributed by atoms with van der Waals surface area (Å²) in [7, 11) is 0. The van der Waals surface area contributed by atoms with E-state index in [1.165, 1.54) is 5.56 Å². The second-order valence-electron chi connectivity index (χ2n) is 7.40. The summed E-state index contributed by atoms with van der Waals surface area (Å²) < 4.78 is 5.17. The molecule has 2 aromatic rings. The maximum absolute atomic E-state index is 12.4. The molecular weight excluding hydrogens is 344 g/mol. The van der Waals surface area contributed by atoms with Crippen LogP contribution in [0.1, 0.15) is 49.0 Å². The van der Waals surface area contributed by atoms with Crippen molar-refractivity contribution in [1.29, 1.82) is 0 Å². The predicted molar refractivity (Wildman–Crippen MR) is 99.8 cm³/mol. The molecule has 0 spiro atoms. The van der Waals surface area contributed by atoms with Crippen LogP contribution in [0.2, 0.25) is 0 Å². The highest BCUT2D eigenvalue weighted by atomic mass is 16.5. The van der Waals surface area contributed by atoms with Crippen molar-refractivity contribution in [2.45, 2.75) is 46.1 Å². The van der Waals surface area contributed by atoms with Gasteiger partial charge in [-0.15, -0.1) is 0 Å². The number of carbonyl (C=O) groups excluding carboxylic acids is 2. The molecule has 1 aromatic carbocycles. The monoisotopic (exact) mass is 370 g/mol. The van der Waals surface area contributed by atoms with Gasteiger partial charge in [0.1, 0.15) is 0 Å². The number of benzene rings is 1. The summed E-state index contributed by atoms with van der Waals surface area (Å²) in [5, 5.41) is 6.78. The lowest BCUT2D eigenvalue weighted by Crippen LogP contribution is -2.34. The zero-order valence-electron chi connectivity index (χ0n) is 16.1. The second kappa shape index (κ2) is 8.33. The summed E-state index contributed by atoms with van der Waals surface area (Å²) in [6.07, 6.45) is 0.745. The molecule has 0 bridgehead atoms. The number of hydrogen-bond acceptors (Lipinski definition) is 5. The minimum Gasteiger partial charge on any atom is -0.355 e. The summed E-state index contributed by atoms with van der Waals surface area (Å²) in [5.74, 6) is 1.01. The van der Waals surface area contributed by atoms with Gasteiger partial charge in [-0.1, -0.05) is 48.8 Å². The maximum Gasteiger partial charge on any atom is 0.228 e. The van der Waals surface area contributed by atoms with Gasteiger partial charge in [0.25, 0.3) is 0 Å². The van der Waals surface area contributed by atoms with Crippen LogP contribution in [0.3, 0.4) is 0 Å². The molecule has 27 heavy (non-hydrogen) atoms. The van der Waals surface area contributed by atoms with Gasteiger partial charge >= 0.3 is 0 Å². The zero-order chi connectivity index (χ0) is 19.4. The van der Waals surface area contributed by atoms with Gasteiger partial charge in [-0.25, -0.2) is 0 Å². The predicted octanol–water partition coefficient (Wildman–Crippen LogP) is 2.21. The summed E-state index contributed by atoms with van der Waals surface area (Å²) in [4.78, 5) is 30.7. The highest BCUT2D eigenvalue weighted by Gasteiger charge is 2.34. The number of aryl methyl sites for hydroxylation is 1. The quantitative estimate of drug-likeness (QED) is 0.807. The van der Waals surface area contributed by atoms with Gasteiger partial charge in [-0.2, -0.15) is 4.98 Å². The first kappa shape index (κ1) is 19.1. The molecule has 2 heterocycles. The van der Waals surface area contributed by atoms with Crippen LogP contribution >= 0.6 is 0 Å². The van der Waals surface area contributed by atoms with Crippen molar-refractivity contribution in [2.75, 3.05) is 13.1 Å². The van der Waals surface area contributed by atoms with Gasteiger partial charge < -0.3 is 14.7 Å². The Morgan fingerprint density at radius 1 is 1.33 bits per heavy atom. The van der Waals surface area contributed by atoms with Crippen LogP contribution < -0.4 is 5.32 Å². The van der Waals surface area contributed by atoms with Crippen LogP contribution in [0.25, 0.3) is 0 Å². The molecule has 0 aliphatic carbocycles. The Kier molecular flexibility index (Phi) is 5.88. The molecule has 7 heteroatoms. The molecule has 7 nitrogen and oxygen atoms in total. The van der Waals surface area contributed by atoms with Gasteiger partial charge in [-0.3, -0.25) is 9.59 Å². The fourth-order valence-electron chi connectivity index (χ4n) is 3.06.